The summed E-state index contributed by atoms with van der Waals surface area (Å²) < 4.78 is 39.2. The summed E-state index contributed by atoms with van der Waals surface area (Å²) in [7, 11) is -3.53. The highest BCUT2D eigenvalue weighted by molar-refractivity contribution is 7.89. The molecular weight excluding hydrogens is 267 g/mol. The van der Waals surface area contributed by atoms with Crippen molar-refractivity contribution in [2.45, 2.75) is 30.7 Å². The Kier molecular flexibility index (Phi) is 4.54. The van der Waals surface area contributed by atoms with Gasteiger partial charge in [0.25, 0.3) is 0 Å². The summed E-state index contributed by atoms with van der Waals surface area (Å²) in [6, 6.07) is 5.20. The maximum Gasteiger partial charge on any atom is 0.243 e. The Morgan fingerprint density at radius 2 is 2.05 bits per heavy atom. The van der Waals surface area contributed by atoms with Crippen LogP contribution in [0.1, 0.15) is 19.8 Å². The van der Waals surface area contributed by atoms with Crippen LogP contribution in [0.5, 0.6) is 0 Å². The van der Waals surface area contributed by atoms with Gasteiger partial charge in [-0.15, -0.1) is 0 Å². The molecule has 0 saturated carbocycles. The van der Waals surface area contributed by atoms with Crippen LogP contribution in [0, 0.1) is 5.82 Å². The number of nitrogens with zero attached hydrogens (tertiary/aromatic N) is 1. The lowest BCUT2D eigenvalue weighted by Gasteiger charge is -2.23. The van der Waals surface area contributed by atoms with Crippen LogP contribution in [0.15, 0.2) is 29.2 Å². The monoisotopic (exact) mass is 286 g/mol. The Hall–Kier alpha value is -0.980. The predicted octanol–water partition coefficient (Wildman–Crippen LogP) is 1.59. The average Bonchev–Trinajstić information content (AvgIpc) is 2.89. The minimum atomic E-state index is -3.53. The second-order valence-corrected chi connectivity index (χ2v) is 6.64. The Bertz CT molecular complexity index is 510. The molecule has 0 aromatic heterocycles. The van der Waals surface area contributed by atoms with Gasteiger partial charge in [0, 0.05) is 19.1 Å². The number of rotatable bonds is 5. The maximum absolute atomic E-state index is 12.9. The third-order valence-electron chi connectivity index (χ3n) is 3.39. The van der Waals surface area contributed by atoms with Crippen molar-refractivity contribution in [2.75, 3.05) is 19.6 Å². The molecule has 0 amide bonds. The molecule has 4 nitrogen and oxygen atoms in total. The molecule has 1 unspecified atom stereocenters. The second kappa shape index (κ2) is 5.98. The van der Waals surface area contributed by atoms with Gasteiger partial charge in [0.05, 0.1) is 4.90 Å². The lowest BCUT2D eigenvalue weighted by atomic mass is 10.2. The largest absolute Gasteiger partial charge is 0.313 e. The number of benzene rings is 1. The molecule has 0 radical (unpaired) electrons. The zero-order valence-corrected chi connectivity index (χ0v) is 11.8. The van der Waals surface area contributed by atoms with Crippen molar-refractivity contribution < 1.29 is 12.8 Å². The van der Waals surface area contributed by atoms with E-state index < -0.39 is 15.8 Å². The summed E-state index contributed by atoms with van der Waals surface area (Å²) in [6.45, 7) is 3.64. The summed E-state index contributed by atoms with van der Waals surface area (Å²) in [6.07, 6.45) is 2.08. The molecule has 1 saturated heterocycles. The fourth-order valence-corrected chi connectivity index (χ4v) is 3.81. The minimum Gasteiger partial charge on any atom is -0.313 e. The number of likely N-dealkylation sites (N-methyl/N-ethyl adjacent to an activating group) is 1. The van der Waals surface area contributed by atoms with E-state index in [1.165, 1.54) is 28.6 Å². The first kappa shape index (κ1) is 14.4. The molecule has 0 bridgehead atoms. The molecular formula is C13H19FN2O2S. The molecule has 1 aromatic carbocycles. The molecule has 1 heterocycles. The van der Waals surface area contributed by atoms with Crippen LogP contribution in [0.3, 0.4) is 0 Å². The molecule has 0 aliphatic carbocycles. The number of nitrogens with one attached hydrogen (secondary N) is 1. The van der Waals surface area contributed by atoms with E-state index in [0.717, 1.165) is 19.4 Å². The van der Waals surface area contributed by atoms with Gasteiger partial charge in [-0.2, -0.15) is 4.31 Å². The van der Waals surface area contributed by atoms with Crippen LogP contribution < -0.4 is 5.32 Å². The van der Waals surface area contributed by atoms with E-state index in [2.05, 4.69) is 5.32 Å². The van der Waals surface area contributed by atoms with Crippen LogP contribution in [0.2, 0.25) is 0 Å². The van der Waals surface area contributed by atoms with Crippen LogP contribution in [0.25, 0.3) is 0 Å². The van der Waals surface area contributed by atoms with Crippen LogP contribution >= 0.6 is 0 Å². The smallest absolute Gasteiger partial charge is 0.243 e. The molecule has 1 fully saturated rings. The molecule has 1 N–H and O–H groups in total. The molecule has 0 spiro atoms. The fourth-order valence-electron chi connectivity index (χ4n) is 2.31. The highest BCUT2D eigenvalue weighted by Gasteiger charge is 2.27. The number of halogens is 1. The standard InChI is InChI=1S/C13H19FN2O2S/c1-2-16(10-12-4-3-9-15-12)19(17,18)13-7-5-11(14)6-8-13/h5-8,12,15H,2-4,9-10H2,1H3. The van der Waals surface area contributed by atoms with Crippen LogP contribution in [-0.4, -0.2) is 38.4 Å². The normalized spacial score (nSPS) is 20.1. The molecule has 1 atom stereocenters. The summed E-state index contributed by atoms with van der Waals surface area (Å²) in [5, 5.41) is 3.29. The van der Waals surface area contributed by atoms with Crippen molar-refractivity contribution in [1.82, 2.24) is 9.62 Å². The van der Waals surface area contributed by atoms with E-state index in [1.807, 2.05) is 6.92 Å². The fraction of sp³-hybridized carbons (Fsp3) is 0.538. The minimum absolute atomic E-state index is 0.147. The van der Waals surface area contributed by atoms with Crippen molar-refractivity contribution in [3.8, 4) is 0 Å². The van der Waals surface area contributed by atoms with E-state index in [1.54, 1.807) is 0 Å². The van der Waals surface area contributed by atoms with Gasteiger partial charge < -0.3 is 5.32 Å². The Labute approximate surface area is 113 Å². The summed E-state index contributed by atoms with van der Waals surface area (Å²) in [5.41, 5.74) is 0. The van der Waals surface area contributed by atoms with Gasteiger partial charge in [0.15, 0.2) is 0 Å². The van der Waals surface area contributed by atoms with E-state index in [-0.39, 0.29) is 10.9 Å². The Balaban J connectivity index is 2.17. The van der Waals surface area contributed by atoms with Gasteiger partial charge in [-0.05, 0) is 43.7 Å². The molecule has 1 aliphatic heterocycles. The third kappa shape index (κ3) is 3.32. The maximum atomic E-state index is 12.9. The average molecular weight is 286 g/mol. The van der Waals surface area contributed by atoms with Crippen LogP contribution in [-0.2, 0) is 10.0 Å². The Morgan fingerprint density at radius 3 is 2.58 bits per heavy atom. The number of hydrogen-bond donors (Lipinski definition) is 1. The van der Waals surface area contributed by atoms with Gasteiger partial charge >= 0.3 is 0 Å². The van der Waals surface area contributed by atoms with Gasteiger partial charge in [-0.1, -0.05) is 6.92 Å². The van der Waals surface area contributed by atoms with Crippen molar-refractivity contribution in [1.29, 1.82) is 0 Å². The molecule has 19 heavy (non-hydrogen) atoms. The summed E-state index contributed by atoms with van der Waals surface area (Å²) in [4.78, 5) is 0.147. The van der Waals surface area contributed by atoms with Gasteiger partial charge in [0.2, 0.25) is 10.0 Å². The topological polar surface area (TPSA) is 49.4 Å². The van der Waals surface area contributed by atoms with Crippen molar-refractivity contribution >= 4 is 10.0 Å². The molecule has 6 heteroatoms. The first-order valence-corrected chi connectivity index (χ1v) is 7.97. The highest BCUT2D eigenvalue weighted by Crippen LogP contribution is 2.18. The van der Waals surface area contributed by atoms with Crippen LogP contribution in [0.4, 0.5) is 4.39 Å². The quantitative estimate of drug-likeness (QED) is 0.894. The number of hydrogen-bond acceptors (Lipinski definition) is 3. The SMILES string of the molecule is CCN(CC1CCCN1)S(=O)(=O)c1ccc(F)cc1. The zero-order chi connectivity index (χ0) is 13.9. The molecule has 106 valence electrons. The summed E-state index contributed by atoms with van der Waals surface area (Å²) >= 11 is 0. The molecule has 2 rings (SSSR count). The number of sulfonamides is 1. The molecule has 1 aliphatic rings. The Morgan fingerprint density at radius 1 is 1.37 bits per heavy atom. The van der Waals surface area contributed by atoms with E-state index >= 15 is 0 Å². The first-order chi connectivity index (χ1) is 9.04. The third-order valence-corrected chi connectivity index (χ3v) is 5.35. The van der Waals surface area contributed by atoms with Crippen molar-refractivity contribution in [3.63, 3.8) is 0 Å². The van der Waals surface area contributed by atoms with E-state index in [4.69, 9.17) is 0 Å². The van der Waals surface area contributed by atoms with E-state index in [0.29, 0.717) is 13.1 Å². The van der Waals surface area contributed by atoms with Gasteiger partial charge in [-0.25, -0.2) is 12.8 Å². The predicted molar refractivity (Wildman–Crippen MR) is 71.9 cm³/mol. The van der Waals surface area contributed by atoms with Gasteiger partial charge in [-0.3, -0.25) is 0 Å². The highest BCUT2D eigenvalue weighted by atomic mass is 32.2. The second-order valence-electron chi connectivity index (χ2n) is 4.70. The lowest BCUT2D eigenvalue weighted by molar-refractivity contribution is 0.383. The van der Waals surface area contributed by atoms with Crippen molar-refractivity contribution in [3.05, 3.63) is 30.1 Å². The first-order valence-electron chi connectivity index (χ1n) is 6.53. The van der Waals surface area contributed by atoms with E-state index in [9.17, 15) is 12.8 Å². The molecule has 1 aromatic rings. The van der Waals surface area contributed by atoms with Gasteiger partial charge in [0.1, 0.15) is 5.82 Å². The summed E-state index contributed by atoms with van der Waals surface area (Å²) in [5.74, 6) is -0.431. The van der Waals surface area contributed by atoms with Crippen molar-refractivity contribution in [2.24, 2.45) is 0 Å². The lowest BCUT2D eigenvalue weighted by Crippen LogP contribution is -2.40. The zero-order valence-electron chi connectivity index (χ0n) is 11.0.